The summed E-state index contributed by atoms with van der Waals surface area (Å²) in [5.74, 6) is 0.00244. The van der Waals surface area contributed by atoms with Gasteiger partial charge in [-0.15, -0.1) is 0 Å². The van der Waals surface area contributed by atoms with Gasteiger partial charge < -0.3 is 9.42 Å². The van der Waals surface area contributed by atoms with Crippen LogP contribution in [0, 0.1) is 12.7 Å². The van der Waals surface area contributed by atoms with Crippen molar-refractivity contribution >= 4 is 17.5 Å². The minimum Gasteiger partial charge on any atom is -0.334 e. The van der Waals surface area contributed by atoms with E-state index in [9.17, 15) is 9.18 Å². The molecule has 1 amide bonds. The lowest BCUT2D eigenvalue weighted by Crippen LogP contribution is -2.36. The number of nitrogens with zero attached hydrogens (tertiary/aromatic N) is 5. The van der Waals surface area contributed by atoms with Gasteiger partial charge in [0.25, 0.3) is 11.8 Å². The molecule has 0 unspecified atom stereocenters. The van der Waals surface area contributed by atoms with Crippen LogP contribution in [0.1, 0.15) is 27.4 Å². The van der Waals surface area contributed by atoms with Crippen LogP contribution < -0.4 is 0 Å². The molecular weight excluding hydrogens is 361 g/mol. The van der Waals surface area contributed by atoms with Crippen LogP contribution in [0.2, 0.25) is 5.02 Å². The number of carbonyl (C=O) groups excluding carboxylic acids is 1. The lowest BCUT2D eigenvalue weighted by Gasteiger charge is -2.28. The molecule has 4 rings (SSSR count). The zero-order valence-electron chi connectivity index (χ0n) is 14.2. The molecule has 9 heteroatoms. The van der Waals surface area contributed by atoms with Crippen molar-refractivity contribution in [2.75, 3.05) is 6.54 Å². The van der Waals surface area contributed by atoms with Crippen molar-refractivity contribution in [2.24, 2.45) is 7.05 Å². The summed E-state index contributed by atoms with van der Waals surface area (Å²) in [6.07, 6.45) is 0.616. The average molecular weight is 376 g/mol. The number of aromatic nitrogens is 4. The minimum absolute atomic E-state index is 0.147. The Morgan fingerprint density at radius 1 is 1.38 bits per heavy atom. The number of rotatable bonds is 2. The maximum Gasteiger partial charge on any atom is 0.278 e. The Labute approximate surface area is 153 Å². The third-order valence-electron chi connectivity index (χ3n) is 4.42. The van der Waals surface area contributed by atoms with Crippen LogP contribution in [0.15, 0.2) is 22.7 Å². The van der Waals surface area contributed by atoms with Crippen LogP contribution in [-0.4, -0.2) is 37.3 Å². The number of halogens is 2. The minimum atomic E-state index is -0.501. The summed E-state index contributed by atoms with van der Waals surface area (Å²) in [6, 6.07) is 3.77. The second kappa shape index (κ2) is 6.21. The first-order valence-corrected chi connectivity index (χ1v) is 8.41. The smallest absolute Gasteiger partial charge is 0.278 e. The predicted octanol–water partition coefficient (Wildman–Crippen LogP) is 2.77. The van der Waals surface area contributed by atoms with Crippen molar-refractivity contribution in [3.05, 3.63) is 51.7 Å². The average Bonchev–Trinajstić information content (AvgIpc) is 3.19. The molecule has 0 N–H and O–H groups in total. The second-order valence-electron chi connectivity index (χ2n) is 6.15. The first-order valence-electron chi connectivity index (χ1n) is 8.04. The number of amides is 1. The second-order valence-corrected chi connectivity index (χ2v) is 6.55. The summed E-state index contributed by atoms with van der Waals surface area (Å²) in [6.45, 7) is 2.52. The first-order chi connectivity index (χ1) is 12.4. The third-order valence-corrected chi connectivity index (χ3v) is 4.75. The number of aryl methyl sites for hydroxylation is 2. The molecule has 26 heavy (non-hydrogen) atoms. The molecule has 0 atom stereocenters. The zero-order valence-corrected chi connectivity index (χ0v) is 14.9. The number of fused-ring (bicyclic) bond motifs is 1. The summed E-state index contributed by atoms with van der Waals surface area (Å²) in [4.78, 5) is 18.7. The molecular formula is C17H15ClFN5O2. The Hall–Kier alpha value is -2.74. The predicted molar refractivity (Wildman–Crippen MR) is 91.1 cm³/mol. The van der Waals surface area contributed by atoms with Gasteiger partial charge in [0, 0.05) is 31.3 Å². The highest BCUT2D eigenvalue weighted by Crippen LogP contribution is 2.30. The van der Waals surface area contributed by atoms with E-state index in [-0.39, 0.29) is 16.5 Å². The third kappa shape index (κ3) is 2.76. The van der Waals surface area contributed by atoms with Gasteiger partial charge in [-0.05, 0) is 25.1 Å². The summed E-state index contributed by atoms with van der Waals surface area (Å²) >= 11 is 6.08. The van der Waals surface area contributed by atoms with Crippen LogP contribution in [-0.2, 0) is 20.0 Å². The standard InChI is InChI=1S/C17H15ClFN5O2/c1-9-20-16(26-22-9)15-12-8-24(6-5-14(12)23(2)21-15)17(25)11-7-10(19)3-4-13(11)18/h3-4,7H,5-6,8H2,1-2H3. The highest BCUT2D eigenvalue weighted by Gasteiger charge is 2.30. The molecule has 0 bridgehead atoms. The first kappa shape index (κ1) is 16.7. The molecule has 0 saturated heterocycles. The molecule has 0 radical (unpaired) electrons. The monoisotopic (exact) mass is 375 g/mol. The van der Waals surface area contributed by atoms with E-state index in [4.69, 9.17) is 16.1 Å². The van der Waals surface area contributed by atoms with E-state index in [1.165, 1.54) is 12.1 Å². The van der Waals surface area contributed by atoms with Crippen molar-refractivity contribution in [3.8, 4) is 11.6 Å². The number of benzene rings is 1. The molecule has 7 nitrogen and oxygen atoms in total. The molecule has 134 valence electrons. The van der Waals surface area contributed by atoms with Gasteiger partial charge in [0.2, 0.25) is 0 Å². The topological polar surface area (TPSA) is 77.0 Å². The Morgan fingerprint density at radius 3 is 2.92 bits per heavy atom. The summed E-state index contributed by atoms with van der Waals surface area (Å²) in [5.41, 5.74) is 2.56. The normalized spacial score (nSPS) is 13.8. The van der Waals surface area contributed by atoms with Crippen LogP contribution in [0.3, 0.4) is 0 Å². The fraction of sp³-hybridized carbons (Fsp3) is 0.294. The molecule has 0 spiro atoms. The van der Waals surface area contributed by atoms with E-state index in [2.05, 4.69) is 15.2 Å². The molecule has 1 aliphatic heterocycles. The highest BCUT2D eigenvalue weighted by molar-refractivity contribution is 6.33. The van der Waals surface area contributed by atoms with Gasteiger partial charge in [-0.1, -0.05) is 16.8 Å². The van der Waals surface area contributed by atoms with Gasteiger partial charge in [-0.2, -0.15) is 10.1 Å². The number of hydrogen-bond acceptors (Lipinski definition) is 5. The molecule has 3 aromatic rings. The van der Waals surface area contributed by atoms with Crippen LogP contribution in [0.25, 0.3) is 11.6 Å². The summed E-state index contributed by atoms with van der Waals surface area (Å²) in [7, 11) is 1.84. The van der Waals surface area contributed by atoms with E-state index in [0.717, 1.165) is 17.3 Å². The van der Waals surface area contributed by atoms with Gasteiger partial charge in [0.05, 0.1) is 17.1 Å². The largest absolute Gasteiger partial charge is 0.334 e. The van der Waals surface area contributed by atoms with Crippen molar-refractivity contribution in [1.29, 1.82) is 0 Å². The van der Waals surface area contributed by atoms with E-state index in [1.807, 2.05) is 7.05 Å². The van der Waals surface area contributed by atoms with Crippen LogP contribution >= 0.6 is 11.6 Å². The SMILES string of the molecule is Cc1noc(-c2nn(C)c3c2CN(C(=O)c2cc(F)ccc2Cl)CC3)n1. The summed E-state index contributed by atoms with van der Waals surface area (Å²) in [5, 5.41) is 8.49. The molecule has 0 fully saturated rings. The van der Waals surface area contributed by atoms with Crippen molar-refractivity contribution in [2.45, 2.75) is 19.9 Å². The Morgan fingerprint density at radius 2 is 2.19 bits per heavy atom. The quantitative estimate of drug-likeness (QED) is 0.688. The molecule has 2 aromatic heterocycles. The van der Waals surface area contributed by atoms with Gasteiger partial charge in [0.1, 0.15) is 5.82 Å². The lowest BCUT2D eigenvalue weighted by atomic mass is 10.0. The fourth-order valence-electron chi connectivity index (χ4n) is 3.16. The van der Waals surface area contributed by atoms with Crippen molar-refractivity contribution in [3.63, 3.8) is 0 Å². The maximum atomic E-state index is 13.5. The van der Waals surface area contributed by atoms with Crippen molar-refractivity contribution in [1.82, 2.24) is 24.8 Å². The van der Waals surface area contributed by atoms with Crippen LogP contribution in [0.4, 0.5) is 4.39 Å². The molecule has 0 saturated carbocycles. The Balaban J connectivity index is 1.69. The van der Waals surface area contributed by atoms with E-state index >= 15 is 0 Å². The van der Waals surface area contributed by atoms with Gasteiger partial charge in [-0.25, -0.2) is 4.39 Å². The van der Waals surface area contributed by atoms with Crippen LogP contribution in [0.5, 0.6) is 0 Å². The van der Waals surface area contributed by atoms with Gasteiger partial charge >= 0.3 is 0 Å². The Bertz CT molecular complexity index is 1010. The molecule has 3 heterocycles. The van der Waals surface area contributed by atoms with E-state index < -0.39 is 5.82 Å². The molecule has 1 aromatic carbocycles. The maximum absolute atomic E-state index is 13.5. The number of hydrogen-bond donors (Lipinski definition) is 0. The van der Waals surface area contributed by atoms with Gasteiger partial charge in [0.15, 0.2) is 11.5 Å². The fourth-order valence-corrected chi connectivity index (χ4v) is 3.36. The Kier molecular flexibility index (Phi) is 3.99. The zero-order chi connectivity index (χ0) is 18.4. The van der Waals surface area contributed by atoms with E-state index in [1.54, 1.807) is 16.5 Å². The number of carbonyl (C=O) groups is 1. The van der Waals surface area contributed by atoms with Crippen molar-refractivity contribution < 1.29 is 13.7 Å². The molecule has 1 aliphatic rings. The van der Waals surface area contributed by atoms with E-state index in [0.29, 0.717) is 36.9 Å². The van der Waals surface area contributed by atoms with Gasteiger partial charge in [-0.3, -0.25) is 9.48 Å². The summed E-state index contributed by atoms with van der Waals surface area (Å²) < 4.78 is 20.5. The highest BCUT2D eigenvalue weighted by atomic mass is 35.5. The molecule has 0 aliphatic carbocycles. The lowest BCUT2D eigenvalue weighted by molar-refractivity contribution is 0.0733.